The Bertz CT molecular complexity index is 604. The molecule has 1 fully saturated rings. The summed E-state index contributed by atoms with van der Waals surface area (Å²) in [6.07, 6.45) is 1.76. The number of nitrogens with one attached hydrogen (secondary N) is 1. The molecule has 6 nitrogen and oxygen atoms in total. The minimum absolute atomic E-state index is 0.102. The number of likely N-dealkylation sites (tertiary alicyclic amines) is 1. The summed E-state index contributed by atoms with van der Waals surface area (Å²) in [5.74, 6) is -0.253. The van der Waals surface area contributed by atoms with E-state index in [2.05, 4.69) is 9.62 Å². The van der Waals surface area contributed by atoms with Crippen molar-refractivity contribution in [1.29, 1.82) is 0 Å². The zero-order valence-electron chi connectivity index (χ0n) is 13.4. The SMILES string of the molecule is CCOC(=O)C1CCCN(CCNS(=O)(=O)c2ccccc2)C1. The van der Waals surface area contributed by atoms with Crippen molar-refractivity contribution in [3.05, 3.63) is 30.3 Å². The van der Waals surface area contributed by atoms with Crippen molar-refractivity contribution in [3.8, 4) is 0 Å². The lowest BCUT2D eigenvalue weighted by atomic mass is 9.98. The molecule has 0 aromatic heterocycles. The van der Waals surface area contributed by atoms with Crippen LogP contribution in [0.1, 0.15) is 19.8 Å². The molecule has 2 rings (SSSR count). The van der Waals surface area contributed by atoms with Crippen LogP contribution >= 0.6 is 0 Å². The topological polar surface area (TPSA) is 75.7 Å². The van der Waals surface area contributed by atoms with E-state index in [0.717, 1.165) is 19.4 Å². The van der Waals surface area contributed by atoms with E-state index < -0.39 is 10.0 Å². The van der Waals surface area contributed by atoms with Crippen molar-refractivity contribution < 1.29 is 17.9 Å². The van der Waals surface area contributed by atoms with Gasteiger partial charge in [-0.25, -0.2) is 13.1 Å². The Kier molecular flexibility index (Phi) is 6.56. The molecule has 0 amide bonds. The van der Waals surface area contributed by atoms with Gasteiger partial charge in [-0.15, -0.1) is 0 Å². The second kappa shape index (κ2) is 8.42. The van der Waals surface area contributed by atoms with Gasteiger partial charge in [0, 0.05) is 19.6 Å². The summed E-state index contributed by atoms with van der Waals surface area (Å²) in [5.41, 5.74) is 0. The molecular formula is C16H24N2O4S. The Morgan fingerprint density at radius 2 is 2.09 bits per heavy atom. The van der Waals surface area contributed by atoms with Crippen molar-refractivity contribution in [2.24, 2.45) is 5.92 Å². The van der Waals surface area contributed by atoms with Crippen LogP contribution in [0.15, 0.2) is 35.2 Å². The molecular weight excluding hydrogens is 316 g/mol. The first kappa shape index (κ1) is 17.9. The molecule has 0 spiro atoms. The van der Waals surface area contributed by atoms with Crippen LogP contribution in [0, 0.1) is 5.92 Å². The fourth-order valence-electron chi connectivity index (χ4n) is 2.73. The maximum absolute atomic E-state index is 12.1. The van der Waals surface area contributed by atoms with Crippen molar-refractivity contribution in [2.45, 2.75) is 24.7 Å². The zero-order chi connectivity index (χ0) is 16.7. The van der Waals surface area contributed by atoms with Gasteiger partial charge in [-0.05, 0) is 38.4 Å². The second-order valence-corrected chi connectivity index (χ2v) is 7.37. The van der Waals surface area contributed by atoms with E-state index in [4.69, 9.17) is 4.74 Å². The first-order valence-corrected chi connectivity index (χ1v) is 9.45. The standard InChI is InChI=1S/C16H24N2O4S/c1-2-22-16(19)14-7-6-11-18(13-14)12-10-17-23(20,21)15-8-4-3-5-9-15/h3-5,8-9,14,17H,2,6-7,10-13H2,1H3. The molecule has 1 N–H and O–H groups in total. The summed E-state index contributed by atoms with van der Waals surface area (Å²) < 4.78 is 31.9. The summed E-state index contributed by atoms with van der Waals surface area (Å²) in [6, 6.07) is 8.31. The number of esters is 1. The molecule has 1 unspecified atom stereocenters. The fourth-order valence-corrected chi connectivity index (χ4v) is 3.77. The number of sulfonamides is 1. The molecule has 1 aromatic carbocycles. The molecule has 23 heavy (non-hydrogen) atoms. The van der Waals surface area contributed by atoms with Gasteiger partial charge in [-0.3, -0.25) is 4.79 Å². The van der Waals surface area contributed by atoms with E-state index in [9.17, 15) is 13.2 Å². The molecule has 1 saturated heterocycles. The summed E-state index contributed by atoms with van der Waals surface area (Å²) in [6.45, 7) is 4.62. The van der Waals surface area contributed by atoms with Gasteiger partial charge in [-0.1, -0.05) is 18.2 Å². The number of carbonyl (C=O) groups excluding carboxylic acids is 1. The van der Waals surface area contributed by atoms with Crippen molar-refractivity contribution >= 4 is 16.0 Å². The molecule has 0 bridgehead atoms. The molecule has 1 aromatic rings. The van der Waals surface area contributed by atoms with Gasteiger partial charge in [0.1, 0.15) is 0 Å². The van der Waals surface area contributed by atoms with Gasteiger partial charge in [-0.2, -0.15) is 0 Å². The number of piperidine rings is 1. The largest absolute Gasteiger partial charge is 0.466 e. The minimum atomic E-state index is -3.47. The second-order valence-electron chi connectivity index (χ2n) is 5.60. The lowest BCUT2D eigenvalue weighted by Crippen LogP contribution is -2.43. The normalized spacial score (nSPS) is 19.4. The van der Waals surface area contributed by atoms with Crippen LogP contribution in [0.5, 0.6) is 0 Å². The fraction of sp³-hybridized carbons (Fsp3) is 0.562. The molecule has 0 radical (unpaired) electrons. The first-order valence-electron chi connectivity index (χ1n) is 7.96. The van der Waals surface area contributed by atoms with Gasteiger partial charge in [0.2, 0.25) is 10.0 Å². The van der Waals surface area contributed by atoms with E-state index in [1.54, 1.807) is 37.3 Å². The van der Waals surface area contributed by atoms with E-state index >= 15 is 0 Å². The smallest absolute Gasteiger partial charge is 0.310 e. The van der Waals surface area contributed by atoms with Crippen LogP contribution in [-0.4, -0.2) is 52.1 Å². The maximum atomic E-state index is 12.1. The summed E-state index contributed by atoms with van der Waals surface area (Å²) in [4.78, 5) is 14.2. The predicted octanol–water partition coefficient (Wildman–Crippen LogP) is 1.24. The molecule has 0 saturated carbocycles. The molecule has 7 heteroatoms. The van der Waals surface area contributed by atoms with Crippen LogP contribution in [0.2, 0.25) is 0 Å². The van der Waals surface area contributed by atoms with E-state index in [1.807, 2.05) is 0 Å². The maximum Gasteiger partial charge on any atom is 0.310 e. The van der Waals surface area contributed by atoms with Crippen LogP contribution in [0.3, 0.4) is 0 Å². The highest BCUT2D eigenvalue weighted by Crippen LogP contribution is 2.17. The molecule has 1 aliphatic rings. The third kappa shape index (κ3) is 5.30. The quantitative estimate of drug-likeness (QED) is 0.756. The summed E-state index contributed by atoms with van der Waals surface area (Å²) in [5, 5.41) is 0. The third-order valence-corrected chi connectivity index (χ3v) is 5.38. The van der Waals surface area contributed by atoms with Crippen LogP contribution in [0.4, 0.5) is 0 Å². The van der Waals surface area contributed by atoms with Gasteiger partial charge in [0.15, 0.2) is 0 Å². The first-order chi connectivity index (χ1) is 11.0. The number of benzene rings is 1. The van der Waals surface area contributed by atoms with Crippen LogP contribution < -0.4 is 4.72 Å². The number of carbonyl (C=O) groups is 1. The summed E-state index contributed by atoms with van der Waals surface area (Å²) >= 11 is 0. The lowest BCUT2D eigenvalue weighted by Gasteiger charge is -2.31. The number of rotatable bonds is 7. The average molecular weight is 340 g/mol. The Labute approximate surface area is 137 Å². The highest BCUT2D eigenvalue weighted by atomic mass is 32.2. The molecule has 1 heterocycles. The van der Waals surface area contributed by atoms with Gasteiger partial charge in [0.05, 0.1) is 17.4 Å². The Morgan fingerprint density at radius 1 is 1.35 bits per heavy atom. The Morgan fingerprint density at radius 3 is 2.78 bits per heavy atom. The Balaban J connectivity index is 1.81. The van der Waals surface area contributed by atoms with Crippen molar-refractivity contribution in [2.75, 3.05) is 32.8 Å². The molecule has 128 valence electrons. The highest BCUT2D eigenvalue weighted by molar-refractivity contribution is 7.89. The monoisotopic (exact) mass is 340 g/mol. The number of ether oxygens (including phenoxy) is 1. The van der Waals surface area contributed by atoms with Gasteiger partial charge in [0.25, 0.3) is 0 Å². The van der Waals surface area contributed by atoms with Gasteiger partial charge < -0.3 is 9.64 Å². The average Bonchev–Trinajstić information content (AvgIpc) is 2.56. The van der Waals surface area contributed by atoms with E-state index in [1.165, 1.54) is 0 Å². The Hall–Kier alpha value is -1.44. The lowest BCUT2D eigenvalue weighted by molar-refractivity contribution is -0.149. The highest BCUT2D eigenvalue weighted by Gasteiger charge is 2.26. The van der Waals surface area contributed by atoms with Crippen molar-refractivity contribution in [1.82, 2.24) is 9.62 Å². The molecule has 1 atom stereocenters. The molecule has 1 aliphatic heterocycles. The number of nitrogens with zero attached hydrogens (tertiary/aromatic N) is 1. The molecule has 0 aliphatic carbocycles. The van der Waals surface area contributed by atoms with Crippen LogP contribution in [0.25, 0.3) is 0 Å². The van der Waals surface area contributed by atoms with E-state index in [-0.39, 0.29) is 16.8 Å². The minimum Gasteiger partial charge on any atom is -0.466 e. The summed E-state index contributed by atoms with van der Waals surface area (Å²) in [7, 11) is -3.47. The predicted molar refractivity (Wildman–Crippen MR) is 87.4 cm³/mol. The third-order valence-electron chi connectivity index (χ3n) is 3.90. The van der Waals surface area contributed by atoms with E-state index in [0.29, 0.717) is 26.2 Å². The number of hydrogen-bond donors (Lipinski definition) is 1. The zero-order valence-corrected chi connectivity index (χ0v) is 14.2. The number of hydrogen-bond acceptors (Lipinski definition) is 5. The van der Waals surface area contributed by atoms with Gasteiger partial charge >= 0.3 is 5.97 Å². The van der Waals surface area contributed by atoms with Crippen molar-refractivity contribution in [3.63, 3.8) is 0 Å². The van der Waals surface area contributed by atoms with Crippen LogP contribution in [-0.2, 0) is 19.6 Å².